The number of nitrogens with one attached hydrogen (secondary N) is 3. The molecule has 0 aliphatic carbocycles. The first-order chi connectivity index (χ1) is 11.1. The van der Waals surface area contributed by atoms with Crippen LogP contribution in [0.15, 0.2) is 41.8 Å². The third kappa shape index (κ3) is 5.19. The minimum Gasteiger partial charge on any atom is -0.358 e. The predicted molar refractivity (Wildman–Crippen MR) is 92.4 cm³/mol. The standard InChI is InChI=1S/C17H21N3O2S/c1-12-5-7-13(8-6-12)17(14-4-3-9-23-14)20-11-16(22)19-10-15(21)18-2/h3-9,17,20H,10-11H2,1-2H3,(H,18,21)(H,19,22)/t17-/m1/s1. The zero-order chi connectivity index (χ0) is 16.7. The van der Waals surface area contributed by atoms with Gasteiger partial charge in [-0.3, -0.25) is 14.9 Å². The van der Waals surface area contributed by atoms with Gasteiger partial charge in [0.2, 0.25) is 11.8 Å². The Kier molecular flexibility index (Phi) is 6.31. The van der Waals surface area contributed by atoms with Gasteiger partial charge in [0.25, 0.3) is 0 Å². The molecule has 1 atom stereocenters. The van der Waals surface area contributed by atoms with E-state index in [9.17, 15) is 9.59 Å². The highest BCUT2D eigenvalue weighted by atomic mass is 32.1. The number of hydrogen-bond acceptors (Lipinski definition) is 4. The summed E-state index contributed by atoms with van der Waals surface area (Å²) in [5.74, 6) is -0.422. The van der Waals surface area contributed by atoms with Gasteiger partial charge in [0.1, 0.15) is 0 Å². The molecule has 0 saturated carbocycles. The summed E-state index contributed by atoms with van der Waals surface area (Å²) < 4.78 is 0. The van der Waals surface area contributed by atoms with Crippen molar-refractivity contribution in [2.45, 2.75) is 13.0 Å². The fourth-order valence-electron chi connectivity index (χ4n) is 2.12. The molecule has 23 heavy (non-hydrogen) atoms. The van der Waals surface area contributed by atoms with Crippen molar-refractivity contribution in [1.29, 1.82) is 0 Å². The van der Waals surface area contributed by atoms with Gasteiger partial charge in [-0.1, -0.05) is 35.9 Å². The molecule has 122 valence electrons. The van der Waals surface area contributed by atoms with Crippen LogP contribution in [0.2, 0.25) is 0 Å². The number of thiophene rings is 1. The van der Waals surface area contributed by atoms with Gasteiger partial charge in [-0.25, -0.2) is 0 Å². The molecule has 2 amide bonds. The number of aryl methyl sites for hydroxylation is 1. The maximum Gasteiger partial charge on any atom is 0.239 e. The summed E-state index contributed by atoms with van der Waals surface area (Å²) in [4.78, 5) is 24.2. The van der Waals surface area contributed by atoms with Crippen LogP contribution >= 0.6 is 11.3 Å². The van der Waals surface area contributed by atoms with Gasteiger partial charge in [0.15, 0.2) is 0 Å². The second-order valence-corrected chi connectivity index (χ2v) is 6.17. The van der Waals surface area contributed by atoms with Crippen molar-refractivity contribution in [2.24, 2.45) is 0 Å². The van der Waals surface area contributed by atoms with Crippen LogP contribution in [-0.2, 0) is 9.59 Å². The summed E-state index contributed by atoms with van der Waals surface area (Å²) in [5, 5.41) is 10.3. The lowest BCUT2D eigenvalue weighted by molar-refractivity contribution is -0.125. The lowest BCUT2D eigenvalue weighted by Crippen LogP contribution is -2.40. The van der Waals surface area contributed by atoms with Crippen LogP contribution < -0.4 is 16.0 Å². The molecule has 1 aromatic heterocycles. The van der Waals surface area contributed by atoms with Crippen LogP contribution in [0.4, 0.5) is 0 Å². The van der Waals surface area contributed by atoms with Crippen molar-refractivity contribution < 1.29 is 9.59 Å². The van der Waals surface area contributed by atoms with Gasteiger partial charge in [-0.2, -0.15) is 0 Å². The molecule has 0 saturated heterocycles. The minimum absolute atomic E-state index is 0.00872. The van der Waals surface area contributed by atoms with E-state index in [-0.39, 0.29) is 30.9 Å². The van der Waals surface area contributed by atoms with Crippen molar-refractivity contribution in [3.05, 3.63) is 57.8 Å². The zero-order valence-corrected chi connectivity index (χ0v) is 14.1. The summed E-state index contributed by atoms with van der Waals surface area (Å²) in [6.45, 7) is 2.18. The molecule has 6 heteroatoms. The monoisotopic (exact) mass is 331 g/mol. The number of carbonyl (C=O) groups is 2. The average Bonchev–Trinajstić information content (AvgIpc) is 3.08. The Bertz CT molecular complexity index is 638. The molecule has 0 aliphatic rings. The van der Waals surface area contributed by atoms with Gasteiger partial charge >= 0.3 is 0 Å². The van der Waals surface area contributed by atoms with Crippen molar-refractivity contribution in [2.75, 3.05) is 20.1 Å². The van der Waals surface area contributed by atoms with E-state index in [0.29, 0.717) is 0 Å². The van der Waals surface area contributed by atoms with Crippen LogP contribution in [-0.4, -0.2) is 32.0 Å². The van der Waals surface area contributed by atoms with E-state index < -0.39 is 0 Å². The molecular formula is C17H21N3O2S. The fourth-order valence-corrected chi connectivity index (χ4v) is 2.95. The summed E-state index contributed by atoms with van der Waals surface area (Å²) in [6.07, 6.45) is 0. The number of benzene rings is 1. The van der Waals surface area contributed by atoms with Crippen LogP contribution in [0.3, 0.4) is 0 Å². The molecule has 2 aromatic rings. The molecule has 5 nitrogen and oxygen atoms in total. The van der Waals surface area contributed by atoms with Crippen LogP contribution in [0.25, 0.3) is 0 Å². The van der Waals surface area contributed by atoms with Crippen LogP contribution in [0, 0.1) is 6.92 Å². The molecule has 3 N–H and O–H groups in total. The molecule has 0 fully saturated rings. The normalized spacial score (nSPS) is 11.7. The van der Waals surface area contributed by atoms with Crippen LogP contribution in [0.1, 0.15) is 22.0 Å². The third-order valence-corrected chi connectivity index (χ3v) is 4.37. The summed E-state index contributed by atoms with van der Waals surface area (Å²) in [5.41, 5.74) is 2.30. The fraction of sp³-hybridized carbons (Fsp3) is 0.294. The number of carbonyl (C=O) groups excluding carboxylic acids is 2. The lowest BCUT2D eigenvalue weighted by Gasteiger charge is -2.18. The maximum absolute atomic E-state index is 11.9. The van der Waals surface area contributed by atoms with Gasteiger partial charge in [-0.05, 0) is 23.9 Å². The highest BCUT2D eigenvalue weighted by Crippen LogP contribution is 2.26. The number of likely N-dealkylation sites (N-methyl/N-ethyl adjacent to an activating group) is 1. The Balaban J connectivity index is 2.00. The van der Waals surface area contributed by atoms with E-state index >= 15 is 0 Å². The van der Waals surface area contributed by atoms with Crippen molar-refractivity contribution >= 4 is 23.2 Å². The molecule has 0 radical (unpaired) electrons. The molecular weight excluding hydrogens is 310 g/mol. The van der Waals surface area contributed by atoms with Crippen LogP contribution in [0.5, 0.6) is 0 Å². The van der Waals surface area contributed by atoms with E-state index in [4.69, 9.17) is 0 Å². The second kappa shape index (κ2) is 8.45. The number of amides is 2. The third-order valence-electron chi connectivity index (χ3n) is 3.43. The van der Waals surface area contributed by atoms with E-state index in [2.05, 4.69) is 40.2 Å². The Hall–Kier alpha value is -2.18. The molecule has 0 aliphatic heterocycles. The lowest BCUT2D eigenvalue weighted by atomic mass is 10.0. The van der Waals surface area contributed by atoms with E-state index in [1.165, 1.54) is 12.6 Å². The minimum atomic E-state index is -0.216. The molecule has 0 unspecified atom stereocenters. The predicted octanol–water partition coefficient (Wildman–Crippen LogP) is 1.60. The summed E-state index contributed by atoms with van der Waals surface area (Å²) in [6, 6.07) is 12.2. The SMILES string of the molecule is CNC(=O)CNC(=O)CN[C@H](c1ccc(C)cc1)c1cccs1. The first kappa shape index (κ1) is 17.2. The first-order valence-corrected chi connectivity index (χ1v) is 8.28. The van der Waals surface area contributed by atoms with E-state index in [1.54, 1.807) is 11.3 Å². The van der Waals surface area contributed by atoms with Crippen molar-refractivity contribution in [1.82, 2.24) is 16.0 Å². The molecule has 1 aromatic carbocycles. The quantitative estimate of drug-likeness (QED) is 0.722. The number of rotatable bonds is 7. The molecule has 2 rings (SSSR count). The summed E-state index contributed by atoms with van der Waals surface area (Å²) >= 11 is 1.65. The number of hydrogen-bond donors (Lipinski definition) is 3. The second-order valence-electron chi connectivity index (χ2n) is 5.19. The highest BCUT2D eigenvalue weighted by Gasteiger charge is 2.16. The zero-order valence-electron chi connectivity index (χ0n) is 13.3. The molecule has 0 spiro atoms. The Morgan fingerprint density at radius 2 is 1.83 bits per heavy atom. The largest absolute Gasteiger partial charge is 0.358 e. The maximum atomic E-state index is 11.9. The average molecular weight is 331 g/mol. The highest BCUT2D eigenvalue weighted by molar-refractivity contribution is 7.10. The first-order valence-electron chi connectivity index (χ1n) is 7.41. The van der Waals surface area contributed by atoms with Crippen molar-refractivity contribution in [3.8, 4) is 0 Å². The van der Waals surface area contributed by atoms with Gasteiger partial charge < -0.3 is 10.6 Å². The van der Waals surface area contributed by atoms with Gasteiger partial charge in [0.05, 0.1) is 19.1 Å². The molecule has 1 heterocycles. The van der Waals surface area contributed by atoms with E-state index in [0.717, 1.165) is 10.4 Å². The Morgan fingerprint density at radius 3 is 2.43 bits per heavy atom. The smallest absolute Gasteiger partial charge is 0.239 e. The topological polar surface area (TPSA) is 70.2 Å². The van der Waals surface area contributed by atoms with Gasteiger partial charge in [0, 0.05) is 11.9 Å². The molecule has 0 bridgehead atoms. The van der Waals surface area contributed by atoms with Crippen molar-refractivity contribution in [3.63, 3.8) is 0 Å². The van der Waals surface area contributed by atoms with Gasteiger partial charge in [-0.15, -0.1) is 11.3 Å². The summed E-state index contributed by atoms with van der Waals surface area (Å²) in [7, 11) is 1.54. The van der Waals surface area contributed by atoms with E-state index in [1.807, 2.05) is 24.4 Å². The Morgan fingerprint density at radius 1 is 1.09 bits per heavy atom. The Labute approximate surface area is 140 Å².